The van der Waals surface area contributed by atoms with Crippen LogP contribution in [-0.4, -0.2) is 24.4 Å². The fourth-order valence-corrected chi connectivity index (χ4v) is 2.35. The number of piperazine rings is 1. The van der Waals surface area contributed by atoms with Gasteiger partial charge in [0.25, 0.3) is 5.91 Å². The van der Waals surface area contributed by atoms with Gasteiger partial charge in [-0.2, -0.15) is 0 Å². The molecule has 0 aromatic heterocycles. The van der Waals surface area contributed by atoms with E-state index in [1.807, 2.05) is 20.8 Å². The number of halogens is 2. The van der Waals surface area contributed by atoms with Gasteiger partial charge in [0.1, 0.15) is 18.4 Å². The zero-order valence-corrected chi connectivity index (χ0v) is 13.1. The third-order valence-corrected chi connectivity index (χ3v) is 3.84. The Labute approximate surface area is 125 Å². The average molecular weight is 343 g/mol. The summed E-state index contributed by atoms with van der Waals surface area (Å²) in [6, 6.07) is 3.77. The van der Waals surface area contributed by atoms with Crippen LogP contribution in [-0.2, 0) is 9.59 Å². The zero-order chi connectivity index (χ0) is 15.1. The molecule has 0 spiro atoms. The molecule has 0 radical (unpaired) electrons. The number of anilines is 1. The molecule has 1 aromatic rings. The van der Waals surface area contributed by atoms with Gasteiger partial charge >= 0.3 is 0 Å². The first-order valence-corrected chi connectivity index (χ1v) is 7.05. The summed E-state index contributed by atoms with van der Waals surface area (Å²) in [5, 5.41) is 2.70. The number of carbonyl (C=O) groups is 2. The predicted molar refractivity (Wildman–Crippen MR) is 77.8 cm³/mol. The van der Waals surface area contributed by atoms with Crippen molar-refractivity contribution in [2.24, 2.45) is 5.41 Å². The molecule has 1 heterocycles. The van der Waals surface area contributed by atoms with E-state index in [1.54, 1.807) is 6.07 Å². The third-order valence-electron chi connectivity index (χ3n) is 3.20. The number of hydrogen-bond acceptors (Lipinski definition) is 2. The van der Waals surface area contributed by atoms with E-state index in [2.05, 4.69) is 21.2 Å². The smallest absolute Gasteiger partial charge is 0.250 e. The van der Waals surface area contributed by atoms with Gasteiger partial charge in [-0.25, -0.2) is 4.39 Å². The van der Waals surface area contributed by atoms with Gasteiger partial charge in [0.05, 0.1) is 4.47 Å². The molecule has 0 saturated carbocycles. The molecule has 1 aliphatic heterocycles. The molecule has 1 aromatic carbocycles. The van der Waals surface area contributed by atoms with Crippen LogP contribution in [0.1, 0.15) is 20.8 Å². The van der Waals surface area contributed by atoms with Crippen LogP contribution in [0.4, 0.5) is 10.1 Å². The van der Waals surface area contributed by atoms with Crippen LogP contribution in [0.2, 0.25) is 0 Å². The monoisotopic (exact) mass is 342 g/mol. The van der Waals surface area contributed by atoms with Gasteiger partial charge in [-0.15, -0.1) is 0 Å². The first-order chi connectivity index (χ1) is 9.20. The highest BCUT2D eigenvalue weighted by molar-refractivity contribution is 9.10. The van der Waals surface area contributed by atoms with Crippen molar-refractivity contribution in [3.8, 4) is 0 Å². The minimum Gasteiger partial charge on any atom is -0.342 e. The number of hydrogen-bond donors (Lipinski definition) is 1. The number of rotatable bonds is 1. The SMILES string of the molecule is CC(C)(C)C1NC(=O)CN(c2ccc(Br)c(F)c2)C1=O. The molecule has 108 valence electrons. The molecule has 1 fully saturated rings. The Bertz CT molecular complexity index is 569. The lowest BCUT2D eigenvalue weighted by Crippen LogP contribution is -2.62. The van der Waals surface area contributed by atoms with Crippen LogP contribution in [0, 0.1) is 11.2 Å². The van der Waals surface area contributed by atoms with Crippen LogP contribution in [0.3, 0.4) is 0 Å². The van der Waals surface area contributed by atoms with Crippen LogP contribution in [0.15, 0.2) is 22.7 Å². The number of nitrogens with one attached hydrogen (secondary N) is 1. The van der Waals surface area contributed by atoms with Crippen molar-refractivity contribution in [1.82, 2.24) is 5.32 Å². The highest BCUT2D eigenvalue weighted by Crippen LogP contribution is 2.28. The summed E-state index contributed by atoms with van der Waals surface area (Å²) in [7, 11) is 0. The first-order valence-electron chi connectivity index (χ1n) is 6.26. The van der Waals surface area contributed by atoms with Crippen LogP contribution in [0.25, 0.3) is 0 Å². The quantitative estimate of drug-likeness (QED) is 0.852. The number of nitrogens with zero attached hydrogens (tertiary/aromatic N) is 1. The summed E-state index contributed by atoms with van der Waals surface area (Å²) in [5.41, 5.74) is -0.0147. The predicted octanol–water partition coefficient (Wildman–Crippen LogP) is 2.47. The van der Waals surface area contributed by atoms with Gasteiger partial charge in [0.2, 0.25) is 5.91 Å². The van der Waals surface area contributed by atoms with E-state index in [9.17, 15) is 14.0 Å². The summed E-state index contributed by atoms with van der Waals surface area (Å²) >= 11 is 3.07. The molecule has 1 saturated heterocycles. The van der Waals surface area contributed by atoms with Crippen molar-refractivity contribution in [2.75, 3.05) is 11.4 Å². The molecule has 0 bridgehead atoms. The van der Waals surface area contributed by atoms with Crippen molar-refractivity contribution in [1.29, 1.82) is 0 Å². The molecule has 1 N–H and O–H groups in total. The van der Waals surface area contributed by atoms with Gasteiger partial charge in [-0.05, 0) is 39.5 Å². The lowest BCUT2D eigenvalue weighted by atomic mass is 9.84. The molecule has 2 amide bonds. The molecule has 4 nitrogen and oxygen atoms in total. The molecule has 1 atom stereocenters. The molecule has 1 aliphatic rings. The molecular weight excluding hydrogens is 327 g/mol. The molecule has 20 heavy (non-hydrogen) atoms. The standard InChI is InChI=1S/C14H16BrFN2O2/c1-14(2,3)12-13(20)18(7-11(19)17-12)8-4-5-9(15)10(16)6-8/h4-6,12H,7H2,1-3H3,(H,17,19). The van der Waals surface area contributed by atoms with Crippen molar-refractivity contribution in [2.45, 2.75) is 26.8 Å². The Morgan fingerprint density at radius 3 is 2.55 bits per heavy atom. The lowest BCUT2D eigenvalue weighted by Gasteiger charge is -2.38. The van der Waals surface area contributed by atoms with Crippen LogP contribution in [0.5, 0.6) is 0 Å². The maximum atomic E-state index is 13.6. The summed E-state index contributed by atoms with van der Waals surface area (Å²) in [6.07, 6.45) is 0. The second-order valence-electron chi connectivity index (χ2n) is 5.89. The normalized spacial score (nSPS) is 20.1. The van der Waals surface area contributed by atoms with Gasteiger partial charge in [-0.1, -0.05) is 20.8 Å². The van der Waals surface area contributed by atoms with E-state index in [-0.39, 0.29) is 18.4 Å². The van der Waals surface area contributed by atoms with Crippen molar-refractivity contribution >= 4 is 33.4 Å². The molecule has 1 unspecified atom stereocenters. The van der Waals surface area contributed by atoms with E-state index in [0.29, 0.717) is 10.2 Å². The molecule has 0 aliphatic carbocycles. The topological polar surface area (TPSA) is 49.4 Å². The fraction of sp³-hybridized carbons (Fsp3) is 0.429. The van der Waals surface area contributed by atoms with Gasteiger partial charge < -0.3 is 10.2 Å². The Morgan fingerprint density at radius 2 is 2.00 bits per heavy atom. The second-order valence-corrected chi connectivity index (χ2v) is 6.74. The van der Waals surface area contributed by atoms with Crippen molar-refractivity contribution in [3.05, 3.63) is 28.5 Å². The van der Waals surface area contributed by atoms with Crippen LogP contribution >= 0.6 is 15.9 Å². The Kier molecular flexibility index (Phi) is 3.86. The minimum absolute atomic E-state index is 0.0908. The van der Waals surface area contributed by atoms with E-state index in [0.717, 1.165) is 0 Å². The van der Waals surface area contributed by atoms with Gasteiger partial charge in [-0.3, -0.25) is 9.59 Å². The van der Waals surface area contributed by atoms with E-state index in [4.69, 9.17) is 0 Å². The van der Waals surface area contributed by atoms with E-state index >= 15 is 0 Å². The van der Waals surface area contributed by atoms with E-state index in [1.165, 1.54) is 17.0 Å². The zero-order valence-electron chi connectivity index (χ0n) is 11.5. The lowest BCUT2D eigenvalue weighted by molar-refractivity contribution is -0.133. The van der Waals surface area contributed by atoms with E-state index < -0.39 is 17.3 Å². The summed E-state index contributed by atoms with van der Waals surface area (Å²) in [6.45, 7) is 5.54. The summed E-state index contributed by atoms with van der Waals surface area (Å²) < 4.78 is 13.9. The number of amides is 2. The largest absolute Gasteiger partial charge is 0.342 e. The molecule has 6 heteroatoms. The molecule has 2 rings (SSSR count). The average Bonchev–Trinajstić information content (AvgIpc) is 2.34. The van der Waals surface area contributed by atoms with Crippen molar-refractivity contribution < 1.29 is 14.0 Å². The summed E-state index contributed by atoms with van der Waals surface area (Å²) in [5.74, 6) is -0.930. The van der Waals surface area contributed by atoms with Gasteiger partial charge in [0, 0.05) is 5.69 Å². The Balaban J connectivity index is 2.37. The Morgan fingerprint density at radius 1 is 1.35 bits per heavy atom. The maximum absolute atomic E-state index is 13.6. The second kappa shape index (κ2) is 5.16. The highest BCUT2D eigenvalue weighted by atomic mass is 79.9. The van der Waals surface area contributed by atoms with Crippen LogP contribution < -0.4 is 10.2 Å². The fourth-order valence-electron chi connectivity index (χ4n) is 2.10. The molecular formula is C14H16BrFN2O2. The third kappa shape index (κ3) is 2.85. The first kappa shape index (κ1) is 15.0. The number of carbonyl (C=O) groups excluding carboxylic acids is 2. The van der Waals surface area contributed by atoms with Crippen molar-refractivity contribution in [3.63, 3.8) is 0 Å². The Hall–Kier alpha value is -1.43. The minimum atomic E-state index is -0.615. The maximum Gasteiger partial charge on any atom is 0.250 e. The van der Waals surface area contributed by atoms with Gasteiger partial charge in [0.15, 0.2) is 0 Å². The number of benzene rings is 1. The highest BCUT2D eigenvalue weighted by Gasteiger charge is 2.40. The summed E-state index contributed by atoms with van der Waals surface area (Å²) in [4.78, 5) is 25.6.